The summed E-state index contributed by atoms with van der Waals surface area (Å²) in [5.74, 6) is -1.04. The lowest BCUT2D eigenvalue weighted by atomic mass is 10.1. The van der Waals surface area contributed by atoms with Gasteiger partial charge in [0, 0.05) is 16.2 Å². The minimum Gasteiger partial charge on any atom is -0.507 e. The van der Waals surface area contributed by atoms with E-state index >= 15 is 0 Å². The molecule has 0 saturated carbocycles. The molecular weight excluding hydrogens is 329 g/mol. The summed E-state index contributed by atoms with van der Waals surface area (Å²) in [5, 5.41) is 13.5. The number of phenolic OH excluding ortho intramolecular Hbond substituents is 1. The SMILES string of the molecule is C/C(=N\NC(=O)c1cc(Br)c[nH]1)c1cc(F)ccc1O. The van der Waals surface area contributed by atoms with E-state index in [0.717, 1.165) is 16.6 Å². The fourth-order valence-electron chi connectivity index (χ4n) is 1.55. The predicted octanol–water partition coefficient (Wildman–Crippen LogP) is 2.78. The molecule has 0 atom stereocenters. The van der Waals surface area contributed by atoms with Gasteiger partial charge in [0.1, 0.15) is 17.3 Å². The number of nitrogens with zero attached hydrogens (tertiary/aromatic N) is 1. The van der Waals surface area contributed by atoms with Gasteiger partial charge in [-0.25, -0.2) is 9.82 Å². The van der Waals surface area contributed by atoms with Crippen LogP contribution in [-0.4, -0.2) is 21.7 Å². The van der Waals surface area contributed by atoms with Crippen LogP contribution >= 0.6 is 15.9 Å². The largest absolute Gasteiger partial charge is 0.507 e. The summed E-state index contributed by atoms with van der Waals surface area (Å²) in [6.07, 6.45) is 1.61. The number of hydrogen-bond donors (Lipinski definition) is 3. The minimum atomic E-state index is -0.494. The summed E-state index contributed by atoms with van der Waals surface area (Å²) < 4.78 is 13.9. The van der Waals surface area contributed by atoms with E-state index in [4.69, 9.17) is 0 Å². The van der Waals surface area contributed by atoms with Crippen LogP contribution < -0.4 is 5.43 Å². The highest BCUT2D eigenvalue weighted by Crippen LogP contribution is 2.18. The molecule has 1 heterocycles. The zero-order valence-corrected chi connectivity index (χ0v) is 12.0. The number of H-pyrrole nitrogens is 1. The Labute approximate surface area is 122 Å². The summed E-state index contributed by atoms with van der Waals surface area (Å²) in [6.45, 7) is 1.55. The summed E-state index contributed by atoms with van der Waals surface area (Å²) >= 11 is 3.21. The van der Waals surface area contributed by atoms with E-state index in [9.17, 15) is 14.3 Å². The lowest BCUT2D eigenvalue weighted by molar-refractivity contribution is 0.0950. The lowest BCUT2D eigenvalue weighted by Gasteiger charge is -2.04. The first-order valence-corrected chi connectivity index (χ1v) is 6.44. The van der Waals surface area contributed by atoms with E-state index in [2.05, 4.69) is 31.4 Å². The molecule has 2 rings (SSSR count). The maximum absolute atomic E-state index is 13.1. The number of aromatic hydroxyl groups is 1. The third kappa shape index (κ3) is 3.24. The van der Waals surface area contributed by atoms with Gasteiger partial charge < -0.3 is 10.1 Å². The summed E-state index contributed by atoms with van der Waals surface area (Å²) in [5.41, 5.74) is 3.16. The molecule has 1 aromatic heterocycles. The van der Waals surface area contributed by atoms with Gasteiger partial charge in [-0.05, 0) is 47.1 Å². The Morgan fingerprint density at radius 2 is 2.20 bits per heavy atom. The first-order chi connectivity index (χ1) is 9.47. The van der Waals surface area contributed by atoms with Crippen LogP contribution in [-0.2, 0) is 0 Å². The van der Waals surface area contributed by atoms with Crippen LogP contribution in [0.25, 0.3) is 0 Å². The molecule has 0 spiro atoms. The number of benzene rings is 1. The van der Waals surface area contributed by atoms with Crippen LogP contribution in [0.4, 0.5) is 4.39 Å². The number of carbonyl (C=O) groups is 1. The highest BCUT2D eigenvalue weighted by Gasteiger charge is 2.09. The molecule has 1 amide bonds. The Morgan fingerprint density at radius 1 is 1.45 bits per heavy atom. The Hall–Kier alpha value is -2.15. The smallest absolute Gasteiger partial charge is 0.287 e. The third-order valence-electron chi connectivity index (χ3n) is 2.57. The fraction of sp³-hybridized carbons (Fsp3) is 0.0769. The molecule has 0 aliphatic rings. The first-order valence-electron chi connectivity index (χ1n) is 5.65. The van der Waals surface area contributed by atoms with Gasteiger partial charge in [-0.3, -0.25) is 4.79 Å². The van der Waals surface area contributed by atoms with Crippen LogP contribution in [0.1, 0.15) is 23.0 Å². The van der Waals surface area contributed by atoms with Crippen LogP contribution in [0.15, 0.2) is 40.0 Å². The van der Waals surface area contributed by atoms with Crippen LogP contribution in [0.3, 0.4) is 0 Å². The standard InChI is InChI=1S/C13H11BrFN3O2/c1-7(10-5-9(15)2-3-12(10)19)17-18-13(20)11-4-8(14)6-16-11/h2-6,16,19H,1H3,(H,18,20)/b17-7+. The topological polar surface area (TPSA) is 77.5 Å². The average molecular weight is 340 g/mol. The van der Waals surface area contributed by atoms with Crippen molar-refractivity contribution in [3.63, 3.8) is 0 Å². The number of hydrazone groups is 1. The van der Waals surface area contributed by atoms with E-state index in [0.29, 0.717) is 11.4 Å². The van der Waals surface area contributed by atoms with Gasteiger partial charge in [-0.15, -0.1) is 0 Å². The monoisotopic (exact) mass is 339 g/mol. The molecule has 5 nitrogen and oxygen atoms in total. The summed E-state index contributed by atoms with van der Waals surface area (Å²) in [7, 11) is 0. The number of rotatable bonds is 3. The second-order valence-electron chi connectivity index (χ2n) is 4.03. The molecule has 0 unspecified atom stereocenters. The van der Waals surface area contributed by atoms with Crippen molar-refractivity contribution < 1.29 is 14.3 Å². The van der Waals surface area contributed by atoms with E-state index in [-0.39, 0.29) is 11.3 Å². The number of aromatic nitrogens is 1. The molecular formula is C13H11BrFN3O2. The van der Waals surface area contributed by atoms with Gasteiger partial charge in [-0.1, -0.05) is 0 Å². The number of carbonyl (C=O) groups excluding carboxylic acids is 1. The van der Waals surface area contributed by atoms with E-state index in [1.54, 1.807) is 19.2 Å². The number of aromatic amines is 1. The molecule has 20 heavy (non-hydrogen) atoms. The first kappa shape index (κ1) is 14.3. The highest BCUT2D eigenvalue weighted by atomic mass is 79.9. The number of nitrogens with one attached hydrogen (secondary N) is 2. The van der Waals surface area contributed by atoms with Gasteiger partial charge in [-0.2, -0.15) is 5.10 Å². The van der Waals surface area contributed by atoms with Crippen molar-refractivity contribution in [3.05, 3.63) is 52.0 Å². The second kappa shape index (κ2) is 5.87. The van der Waals surface area contributed by atoms with Crippen LogP contribution in [0, 0.1) is 5.82 Å². The summed E-state index contributed by atoms with van der Waals surface area (Å²) in [4.78, 5) is 14.5. The normalized spacial score (nSPS) is 11.4. The average Bonchev–Trinajstić information content (AvgIpc) is 2.85. The molecule has 0 aliphatic carbocycles. The predicted molar refractivity (Wildman–Crippen MR) is 76.2 cm³/mol. The van der Waals surface area contributed by atoms with Gasteiger partial charge in [0.15, 0.2) is 0 Å². The van der Waals surface area contributed by atoms with Crippen molar-refractivity contribution in [1.29, 1.82) is 0 Å². The Kier molecular flexibility index (Phi) is 4.19. The van der Waals surface area contributed by atoms with Crippen molar-refractivity contribution in [2.45, 2.75) is 6.92 Å². The molecule has 2 aromatic rings. The molecule has 0 bridgehead atoms. The van der Waals surface area contributed by atoms with Crippen molar-refractivity contribution in [1.82, 2.24) is 10.4 Å². The molecule has 1 aromatic carbocycles. The Bertz CT molecular complexity index is 682. The maximum Gasteiger partial charge on any atom is 0.287 e. The van der Waals surface area contributed by atoms with Gasteiger partial charge in [0.05, 0.1) is 5.71 Å². The minimum absolute atomic E-state index is 0.107. The highest BCUT2D eigenvalue weighted by molar-refractivity contribution is 9.10. The Balaban J connectivity index is 2.15. The number of hydrogen-bond acceptors (Lipinski definition) is 3. The molecule has 104 valence electrons. The van der Waals surface area contributed by atoms with Gasteiger partial charge in [0.25, 0.3) is 5.91 Å². The van der Waals surface area contributed by atoms with Crippen molar-refractivity contribution in [2.75, 3.05) is 0 Å². The fourth-order valence-corrected chi connectivity index (χ4v) is 1.90. The molecule has 3 N–H and O–H groups in total. The van der Waals surface area contributed by atoms with E-state index in [1.165, 1.54) is 6.07 Å². The van der Waals surface area contributed by atoms with Crippen LogP contribution in [0.5, 0.6) is 5.75 Å². The van der Waals surface area contributed by atoms with E-state index < -0.39 is 11.7 Å². The summed E-state index contributed by atoms with van der Waals surface area (Å²) in [6, 6.07) is 5.11. The quantitative estimate of drug-likeness (QED) is 0.594. The van der Waals surface area contributed by atoms with Crippen molar-refractivity contribution in [3.8, 4) is 5.75 Å². The van der Waals surface area contributed by atoms with Gasteiger partial charge in [0.2, 0.25) is 0 Å². The second-order valence-corrected chi connectivity index (χ2v) is 4.95. The third-order valence-corrected chi connectivity index (χ3v) is 3.02. The number of phenols is 1. The van der Waals surface area contributed by atoms with Crippen LogP contribution in [0.2, 0.25) is 0 Å². The maximum atomic E-state index is 13.1. The number of amides is 1. The van der Waals surface area contributed by atoms with Crippen molar-refractivity contribution >= 4 is 27.5 Å². The van der Waals surface area contributed by atoms with E-state index in [1.807, 2.05) is 0 Å². The van der Waals surface area contributed by atoms with Gasteiger partial charge >= 0.3 is 0 Å². The van der Waals surface area contributed by atoms with Crippen molar-refractivity contribution in [2.24, 2.45) is 5.10 Å². The molecule has 0 fully saturated rings. The zero-order chi connectivity index (χ0) is 14.7. The zero-order valence-electron chi connectivity index (χ0n) is 10.4. The molecule has 7 heteroatoms. The molecule has 0 radical (unpaired) electrons. The Morgan fingerprint density at radius 3 is 2.85 bits per heavy atom. The molecule has 0 aliphatic heterocycles. The number of halogens is 2. The lowest BCUT2D eigenvalue weighted by Crippen LogP contribution is -2.19. The molecule has 0 saturated heterocycles.